The fourth-order valence-corrected chi connectivity index (χ4v) is 2.30. The van der Waals surface area contributed by atoms with Crippen LogP contribution < -0.4 is 0 Å². The summed E-state index contributed by atoms with van der Waals surface area (Å²) < 4.78 is 27.4. The molecule has 0 aromatic heterocycles. The van der Waals surface area contributed by atoms with Gasteiger partial charge in [0.05, 0.1) is 10.4 Å². The van der Waals surface area contributed by atoms with Crippen LogP contribution in [0.1, 0.15) is 16.5 Å². The maximum absolute atomic E-state index is 13.6. The topological polar surface area (TPSA) is 0 Å². The largest absolute Gasteiger partial charge is 0.207 e. The van der Waals surface area contributed by atoms with Crippen molar-refractivity contribution in [2.45, 2.75) is 5.38 Å². The Bertz CT molecular complexity index is 587. The van der Waals surface area contributed by atoms with E-state index >= 15 is 0 Å². The summed E-state index contributed by atoms with van der Waals surface area (Å²) in [7, 11) is 0. The van der Waals surface area contributed by atoms with E-state index in [0.717, 1.165) is 22.7 Å². The van der Waals surface area contributed by atoms with Gasteiger partial charge in [0.25, 0.3) is 0 Å². The maximum Gasteiger partial charge on any atom is 0.128 e. The molecule has 94 valence electrons. The highest BCUT2D eigenvalue weighted by Gasteiger charge is 2.17. The zero-order chi connectivity index (χ0) is 13.3. The Morgan fingerprint density at radius 1 is 1.06 bits per heavy atom. The van der Waals surface area contributed by atoms with Crippen molar-refractivity contribution < 1.29 is 8.78 Å². The van der Waals surface area contributed by atoms with Gasteiger partial charge in [0.15, 0.2) is 0 Å². The zero-order valence-electron chi connectivity index (χ0n) is 8.93. The number of hydrogen-bond acceptors (Lipinski definition) is 0. The van der Waals surface area contributed by atoms with Crippen molar-refractivity contribution in [1.82, 2.24) is 0 Å². The highest BCUT2D eigenvalue weighted by molar-refractivity contribution is 9.10. The third-order valence-electron chi connectivity index (χ3n) is 2.47. The Morgan fingerprint density at radius 2 is 1.78 bits per heavy atom. The first-order valence-corrected chi connectivity index (χ1v) is 6.63. The summed E-state index contributed by atoms with van der Waals surface area (Å²) in [4.78, 5) is 0. The molecule has 0 saturated heterocycles. The predicted molar refractivity (Wildman–Crippen MR) is 73.2 cm³/mol. The first-order chi connectivity index (χ1) is 8.49. The minimum absolute atomic E-state index is 0.0926. The number of alkyl halides is 1. The maximum atomic E-state index is 13.6. The van der Waals surface area contributed by atoms with Crippen molar-refractivity contribution in [1.29, 1.82) is 0 Å². The molecule has 0 N–H and O–H groups in total. The molecule has 2 rings (SSSR count). The van der Waals surface area contributed by atoms with Gasteiger partial charge in [-0.15, -0.1) is 11.6 Å². The first-order valence-electron chi connectivity index (χ1n) is 5.03. The molecule has 0 heterocycles. The minimum Gasteiger partial charge on any atom is -0.207 e. The van der Waals surface area contributed by atoms with E-state index in [1.165, 1.54) is 0 Å². The van der Waals surface area contributed by atoms with E-state index in [2.05, 4.69) is 15.9 Å². The summed E-state index contributed by atoms with van der Waals surface area (Å²) in [5.74, 6) is -1.07. The van der Waals surface area contributed by atoms with Gasteiger partial charge in [-0.05, 0) is 51.8 Å². The van der Waals surface area contributed by atoms with Gasteiger partial charge in [-0.3, -0.25) is 0 Å². The van der Waals surface area contributed by atoms with Crippen molar-refractivity contribution in [2.24, 2.45) is 0 Å². The third-order valence-corrected chi connectivity index (χ3v) is 4.19. The van der Waals surface area contributed by atoms with Crippen molar-refractivity contribution in [2.75, 3.05) is 0 Å². The van der Waals surface area contributed by atoms with Crippen LogP contribution in [0, 0.1) is 11.6 Å². The average molecular weight is 352 g/mol. The van der Waals surface area contributed by atoms with Gasteiger partial charge in [0, 0.05) is 10.0 Å². The lowest BCUT2D eigenvalue weighted by Gasteiger charge is -2.12. The monoisotopic (exact) mass is 350 g/mol. The van der Waals surface area contributed by atoms with E-state index in [1.807, 2.05) is 0 Å². The van der Waals surface area contributed by atoms with E-state index in [-0.39, 0.29) is 5.56 Å². The molecular formula is C13H7BrCl2F2. The Hall–Kier alpha value is -0.640. The lowest BCUT2D eigenvalue weighted by molar-refractivity contribution is 0.587. The molecule has 2 aromatic carbocycles. The number of hydrogen-bond donors (Lipinski definition) is 0. The molecule has 18 heavy (non-hydrogen) atoms. The van der Waals surface area contributed by atoms with Gasteiger partial charge in [-0.25, -0.2) is 8.78 Å². The van der Waals surface area contributed by atoms with Gasteiger partial charge >= 0.3 is 0 Å². The van der Waals surface area contributed by atoms with E-state index < -0.39 is 17.0 Å². The molecule has 1 unspecified atom stereocenters. The molecule has 0 aliphatic carbocycles. The van der Waals surface area contributed by atoms with E-state index in [9.17, 15) is 8.78 Å². The van der Waals surface area contributed by atoms with Crippen LogP contribution in [0.4, 0.5) is 8.78 Å². The summed E-state index contributed by atoms with van der Waals surface area (Å²) >= 11 is 15.3. The molecule has 2 aromatic rings. The highest BCUT2D eigenvalue weighted by atomic mass is 79.9. The number of benzene rings is 2. The standard InChI is InChI=1S/C13H7BrCl2F2/c14-10-3-1-7(5-11(10)15)13(16)9-6-8(17)2-4-12(9)18/h1-6,13H. The van der Waals surface area contributed by atoms with Crippen LogP contribution in [0.3, 0.4) is 0 Å². The SMILES string of the molecule is Fc1ccc(F)c(C(Cl)c2ccc(Br)c(Cl)c2)c1. The molecule has 0 radical (unpaired) electrons. The summed E-state index contributed by atoms with van der Waals surface area (Å²) in [6.45, 7) is 0. The van der Waals surface area contributed by atoms with Crippen LogP contribution in [0.15, 0.2) is 40.9 Å². The number of halogens is 5. The normalized spacial score (nSPS) is 12.5. The van der Waals surface area contributed by atoms with Gasteiger partial charge in [-0.1, -0.05) is 17.7 Å². The van der Waals surface area contributed by atoms with Gasteiger partial charge < -0.3 is 0 Å². The average Bonchev–Trinajstić information content (AvgIpc) is 2.35. The summed E-state index contributed by atoms with van der Waals surface area (Å²) in [6, 6.07) is 8.23. The van der Waals surface area contributed by atoms with E-state index in [1.54, 1.807) is 18.2 Å². The van der Waals surface area contributed by atoms with Crippen LogP contribution in [-0.4, -0.2) is 0 Å². The molecule has 0 amide bonds. The Labute approximate surface area is 122 Å². The number of rotatable bonds is 2. The third kappa shape index (κ3) is 2.85. The van der Waals surface area contributed by atoms with Crippen LogP contribution >= 0.6 is 39.1 Å². The second kappa shape index (κ2) is 5.55. The fraction of sp³-hybridized carbons (Fsp3) is 0.0769. The Morgan fingerprint density at radius 3 is 2.44 bits per heavy atom. The predicted octanol–water partition coefficient (Wildman–Crippen LogP) is 5.71. The molecule has 0 spiro atoms. The molecule has 0 fully saturated rings. The lowest BCUT2D eigenvalue weighted by atomic mass is 10.0. The molecular weight excluding hydrogens is 345 g/mol. The molecule has 0 nitrogen and oxygen atoms in total. The van der Waals surface area contributed by atoms with E-state index in [0.29, 0.717) is 10.6 Å². The quantitative estimate of drug-likeness (QED) is 0.608. The highest BCUT2D eigenvalue weighted by Crippen LogP contribution is 2.34. The molecule has 5 heteroatoms. The Kier molecular flexibility index (Phi) is 4.25. The van der Waals surface area contributed by atoms with Crippen molar-refractivity contribution in [3.8, 4) is 0 Å². The summed E-state index contributed by atoms with van der Waals surface area (Å²) in [5, 5.41) is -0.318. The molecule has 0 aliphatic heterocycles. The summed E-state index contributed by atoms with van der Waals surface area (Å²) in [5.41, 5.74) is 0.699. The molecule has 1 atom stereocenters. The smallest absolute Gasteiger partial charge is 0.128 e. The molecule has 0 aliphatic rings. The first kappa shape index (κ1) is 13.8. The van der Waals surface area contributed by atoms with Crippen molar-refractivity contribution in [3.63, 3.8) is 0 Å². The van der Waals surface area contributed by atoms with Crippen LogP contribution in [0.25, 0.3) is 0 Å². The Balaban J connectivity index is 2.44. The molecule has 0 saturated carbocycles. The fourth-order valence-electron chi connectivity index (χ4n) is 1.56. The van der Waals surface area contributed by atoms with Gasteiger partial charge in [0.1, 0.15) is 11.6 Å². The molecule has 0 bridgehead atoms. The second-order valence-electron chi connectivity index (χ2n) is 3.70. The summed E-state index contributed by atoms with van der Waals surface area (Å²) in [6.07, 6.45) is 0. The van der Waals surface area contributed by atoms with Crippen molar-refractivity contribution >= 4 is 39.1 Å². The van der Waals surface area contributed by atoms with Crippen molar-refractivity contribution in [3.05, 3.63) is 68.7 Å². The van der Waals surface area contributed by atoms with Crippen LogP contribution in [0.2, 0.25) is 5.02 Å². The van der Waals surface area contributed by atoms with Gasteiger partial charge in [0.2, 0.25) is 0 Å². The minimum atomic E-state index is -0.786. The lowest BCUT2D eigenvalue weighted by Crippen LogP contribution is -1.98. The van der Waals surface area contributed by atoms with Crippen LogP contribution in [-0.2, 0) is 0 Å². The zero-order valence-corrected chi connectivity index (χ0v) is 12.0. The van der Waals surface area contributed by atoms with E-state index in [4.69, 9.17) is 23.2 Å². The van der Waals surface area contributed by atoms with Crippen LogP contribution in [0.5, 0.6) is 0 Å². The second-order valence-corrected chi connectivity index (χ2v) is 5.40. The van der Waals surface area contributed by atoms with Gasteiger partial charge in [-0.2, -0.15) is 0 Å².